The average molecular weight is 321 g/mol. The number of fused-ring (bicyclic) bond motifs is 1. The van der Waals surface area contributed by atoms with Gasteiger partial charge >= 0.3 is 6.01 Å². The van der Waals surface area contributed by atoms with E-state index in [9.17, 15) is 0 Å². The molecule has 0 N–H and O–H groups in total. The molecule has 7 heteroatoms. The zero-order valence-electron chi connectivity index (χ0n) is 11.4. The molecule has 0 amide bonds. The first kappa shape index (κ1) is 14.2. The van der Waals surface area contributed by atoms with Crippen LogP contribution in [0.25, 0.3) is 10.2 Å². The number of thiazole rings is 1. The van der Waals surface area contributed by atoms with Crippen LogP contribution in [0.1, 0.15) is 24.2 Å². The zero-order valence-corrected chi connectivity index (χ0v) is 13.0. The van der Waals surface area contributed by atoms with Gasteiger partial charge in [-0.3, -0.25) is 0 Å². The van der Waals surface area contributed by atoms with Gasteiger partial charge in [-0.2, -0.15) is 9.97 Å². The average Bonchev–Trinajstić information content (AvgIpc) is 2.86. The smallest absolute Gasteiger partial charge is 0.320 e. The monoisotopic (exact) mass is 320 g/mol. The molecule has 5 nitrogen and oxygen atoms in total. The molecular weight excluding hydrogens is 308 g/mol. The van der Waals surface area contributed by atoms with Crippen molar-refractivity contribution in [2.45, 2.75) is 19.8 Å². The first-order chi connectivity index (χ1) is 10.2. The third-order valence-corrected chi connectivity index (χ3v) is 3.92. The van der Waals surface area contributed by atoms with Crippen molar-refractivity contribution < 1.29 is 4.74 Å². The van der Waals surface area contributed by atoms with Crippen molar-refractivity contribution in [3.8, 4) is 6.01 Å². The molecule has 3 aromatic rings. The van der Waals surface area contributed by atoms with E-state index in [1.54, 1.807) is 11.3 Å². The molecule has 2 aromatic heterocycles. The van der Waals surface area contributed by atoms with Gasteiger partial charge in [0.1, 0.15) is 10.8 Å². The number of aromatic nitrogens is 4. The molecule has 0 aliphatic heterocycles. The van der Waals surface area contributed by atoms with Crippen LogP contribution in [0, 0.1) is 0 Å². The van der Waals surface area contributed by atoms with E-state index in [1.807, 2.05) is 31.2 Å². The van der Waals surface area contributed by atoms with Gasteiger partial charge in [0.05, 0.1) is 23.2 Å². The Kier molecular flexibility index (Phi) is 4.26. The van der Waals surface area contributed by atoms with E-state index in [4.69, 9.17) is 16.3 Å². The highest BCUT2D eigenvalue weighted by atomic mass is 35.5. The van der Waals surface area contributed by atoms with Crippen molar-refractivity contribution in [3.63, 3.8) is 0 Å². The zero-order chi connectivity index (χ0) is 14.7. The van der Waals surface area contributed by atoms with Crippen LogP contribution in [0.5, 0.6) is 6.01 Å². The van der Waals surface area contributed by atoms with Crippen molar-refractivity contribution in [3.05, 3.63) is 40.4 Å². The minimum atomic E-state index is 0.146. The standard InChI is InChI=1S/C14H13ClN4OS/c1-2-7-20-14-18-11(17-13(15)19-14)8-12-16-9-5-3-4-6-10(9)21-12/h3-6H,2,7-8H2,1H3. The van der Waals surface area contributed by atoms with Gasteiger partial charge in [-0.1, -0.05) is 19.1 Å². The summed E-state index contributed by atoms with van der Waals surface area (Å²) in [6.45, 7) is 2.58. The van der Waals surface area contributed by atoms with E-state index >= 15 is 0 Å². The molecule has 0 aliphatic carbocycles. The van der Waals surface area contributed by atoms with E-state index < -0.39 is 0 Å². The first-order valence-corrected chi connectivity index (χ1v) is 7.81. The Morgan fingerprint density at radius 3 is 2.81 bits per heavy atom. The summed E-state index contributed by atoms with van der Waals surface area (Å²) < 4.78 is 6.56. The SMILES string of the molecule is CCCOc1nc(Cl)nc(Cc2nc3ccccc3s2)n1. The molecular formula is C14H13ClN4OS. The van der Waals surface area contributed by atoms with Crippen LogP contribution in [-0.2, 0) is 6.42 Å². The minimum Gasteiger partial charge on any atom is -0.463 e. The largest absolute Gasteiger partial charge is 0.463 e. The Bertz CT molecular complexity index is 729. The van der Waals surface area contributed by atoms with E-state index in [0.29, 0.717) is 18.9 Å². The molecule has 0 spiro atoms. The molecule has 0 radical (unpaired) electrons. The van der Waals surface area contributed by atoms with Gasteiger partial charge in [-0.05, 0) is 30.2 Å². The third kappa shape index (κ3) is 3.46. The fraction of sp³-hybridized carbons (Fsp3) is 0.286. The number of rotatable bonds is 5. The predicted octanol–water partition coefficient (Wildman–Crippen LogP) is 3.51. The van der Waals surface area contributed by atoms with Gasteiger partial charge in [-0.25, -0.2) is 9.97 Å². The molecule has 0 unspecified atom stereocenters. The van der Waals surface area contributed by atoms with Crippen molar-refractivity contribution in [1.29, 1.82) is 0 Å². The summed E-state index contributed by atoms with van der Waals surface area (Å²) in [6, 6.07) is 8.29. The van der Waals surface area contributed by atoms with Crippen molar-refractivity contribution in [2.24, 2.45) is 0 Å². The molecule has 1 aromatic carbocycles. The molecule has 0 fully saturated rings. The maximum atomic E-state index is 5.91. The number of ether oxygens (including phenoxy) is 1. The second kappa shape index (κ2) is 6.32. The van der Waals surface area contributed by atoms with Gasteiger partial charge in [0.25, 0.3) is 0 Å². The Morgan fingerprint density at radius 2 is 2.00 bits per heavy atom. The van der Waals surface area contributed by atoms with Crippen molar-refractivity contribution >= 4 is 33.2 Å². The third-order valence-electron chi connectivity index (χ3n) is 2.72. The lowest BCUT2D eigenvalue weighted by Crippen LogP contribution is -2.05. The highest BCUT2D eigenvalue weighted by Gasteiger charge is 2.10. The van der Waals surface area contributed by atoms with Gasteiger partial charge in [0, 0.05) is 0 Å². The quantitative estimate of drug-likeness (QED) is 0.720. The Morgan fingerprint density at radius 1 is 1.14 bits per heavy atom. The van der Waals surface area contributed by atoms with Crippen LogP contribution in [0.4, 0.5) is 0 Å². The number of hydrogen-bond donors (Lipinski definition) is 0. The number of benzene rings is 1. The minimum absolute atomic E-state index is 0.146. The molecule has 2 heterocycles. The normalized spacial score (nSPS) is 11.0. The van der Waals surface area contributed by atoms with Gasteiger partial charge < -0.3 is 4.74 Å². The lowest BCUT2D eigenvalue weighted by Gasteiger charge is -2.04. The fourth-order valence-electron chi connectivity index (χ4n) is 1.84. The van der Waals surface area contributed by atoms with Crippen LogP contribution in [0.2, 0.25) is 5.28 Å². The molecule has 0 atom stereocenters. The number of nitrogens with zero attached hydrogens (tertiary/aromatic N) is 4. The summed E-state index contributed by atoms with van der Waals surface area (Å²) in [5.74, 6) is 0.570. The van der Waals surface area contributed by atoms with Gasteiger partial charge in [0.2, 0.25) is 5.28 Å². The summed E-state index contributed by atoms with van der Waals surface area (Å²) in [7, 11) is 0. The molecule has 3 rings (SSSR count). The number of para-hydroxylation sites is 1. The lowest BCUT2D eigenvalue weighted by molar-refractivity contribution is 0.290. The van der Waals surface area contributed by atoms with Crippen LogP contribution < -0.4 is 4.74 Å². The summed E-state index contributed by atoms with van der Waals surface area (Å²) >= 11 is 7.54. The molecule has 0 aliphatic rings. The Balaban J connectivity index is 1.84. The second-order valence-electron chi connectivity index (χ2n) is 4.40. The van der Waals surface area contributed by atoms with Crippen molar-refractivity contribution in [2.75, 3.05) is 6.61 Å². The summed E-state index contributed by atoms with van der Waals surface area (Å²) in [6.07, 6.45) is 1.40. The summed E-state index contributed by atoms with van der Waals surface area (Å²) in [5.41, 5.74) is 0.986. The molecule has 0 saturated carbocycles. The van der Waals surface area contributed by atoms with E-state index in [0.717, 1.165) is 21.6 Å². The molecule has 0 bridgehead atoms. The first-order valence-electron chi connectivity index (χ1n) is 6.62. The van der Waals surface area contributed by atoms with E-state index in [-0.39, 0.29) is 11.3 Å². The number of halogens is 1. The lowest BCUT2D eigenvalue weighted by atomic mass is 10.3. The Hall–Kier alpha value is -1.79. The van der Waals surface area contributed by atoms with Crippen molar-refractivity contribution in [1.82, 2.24) is 19.9 Å². The topological polar surface area (TPSA) is 60.8 Å². The van der Waals surface area contributed by atoms with E-state index in [1.165, 1.54) is 0 Å². The molecule has 0 saturated heterocycles. The highest BCUT2D eigenvalue weighted by Crippen LogP contribution is 2.23. The van der Waals surface area contributed by atoms with Crippen LogP contribution >= 0.6 is 22.9 Å². The summed E-state index contributed by atoms with van der Waals surface area (Å²) in [5, 5.41) is 1.09. The highest BCUT2D eigenvalue weighted by molar-refractivity contribution is 7.18. The molecule has 108 valence electrons. The van der Waals surface area contributed by atoms with Crippen LogP contribution in [-0.4, -0.2) is 26.5 Å². The number of hydrogen-bond acceptors (Lipinski definition) is 6. The van der Waals surface area contributed by atoms with E-state index in [2.05, 4.69) is 19.9 Å². The van der Waals surface area contributed by atoms with Crippen LogP contribution in [0.15, 0.2) is 24.3 Å². The summed E-state index contributed by atoms with van der Waals surface area (Å²) in [4.78, 5) is 16.9. The molecule has 21 heavy (non-hydrogen) atoms. The Labute approximate surface area is 131 Å². The predicted molar refractivity (Wildman–Crippen MR) is 83.0 cm³/mol. The maximum absolute atomic E-state index is 5.91. The fourth-order valence-corrected chi connectivity index (χ4v) is 2.97. The van der Waals surface area contributed by atoms with Crippen LogP contribution in [0.3, 0.4) is 0 Å². The van der Waals surface area contributed by atoms with Gasteiger partial charge in [-0.15, -0.1) is 11.3 Å². The maximum Gasteiger partial charge on any atom is 0.320 e. The second-order valence-corrected chi connectivity index (χ2v) is 5.86. The van der Waals surface area contributed by atoms with Gasteiger partial charge in [0.15, 0.2) is 0 Å².